The van der Waals surface area contributed by atoms with Crippen molar-refractivity contribution in [2.75, 3.05) is 0 Å². The summed E-state index contributed by atoms with van der Waals surface area (Å²) in [7, 11) is 0. The fraction of sp³-hybridized carbons (Fsp3) is 0.278. The minimum atomic E-state index is -0.979. The highest BCUT2D eigenvalue weighted by Crippen LogP contribution is 2.57. The average Bonchev–Trinajstić information content (AvgIpc) is 2.98. The minimum Gasteiger partial charge on any atom is -0.447 e. The number of carbonyl (C=O) groups excluding carboxylic acids is 1. The van der Waals surface area contributed by atoms with Crippen LogP contribution in [-0.4, -0.2) is 5.97 Å². The van der Waals surface area contributed by atoms with Gasteiger partial charge in [-0.1, -0.05) is 49.4 Å². The van der Waals surface area contributed by atoms with Crippen molar-refractivity contribution in [3.05, 3.63) is 65.2 Å². The van der Waals surface area contributed by atoms with Crippen LogP contribution in [0, 0.1) is 0 Å². The molecule has 1 aliphatic carbocycles. The van der Waals surface area contributed by atoms with Gasteiger partial charge in [0.15, 0.2) is 0 Å². The maximum absolute atomic E-state index is 12.0. The van der Waals surface area contributed by atoms with Crippen molar-refractivity contribution in [3.8, 4) is 5.75 Å². The van der Waals surface area contributed by atoms with E-state index in [1.807, 2.05) is 36.4 Å². The van der Waals surface area contributed by atoms with Gasteiger partial charge in [0.2, 0.25) is 0 Å². The number of fused-ring (bicyclic) bond motifs is 5. The largest absolute Gasteiger partial charge is 0.447 e. The summed E-state index contributed by atoms with van der Waals surface area (Å²) in [6, 6.07) is 16.0. The fourth-order valence-corrected chi connectivity index (χ4v) is 3.43. The third kappa shape index (κ3) is 1.63. The van der Waals surface area contributed by atoms with E-state index in [0.717, 1.165) is 23.3 Å². The van der Waals surface area contributed by atoms with Crippen molar-refractivity contribution in [2.24, 2.45) is 0 Å². The molecule has 0 bridgehead atoms. The SMILES string of the molecule is CCC(=O)OC12Oc3ccccc3C1Cc1ccccc12. The zero-order chi connectivity index (χ0) is 14.4. The monoisotopic (exact) mass is 280 g/mol. The molecule has 2 aromatic rings. The third-order valence-electron chi connectivity index (χ3n) is 4.39. The Hall–Kier alpha value is -2.29. The second kappa shape index (κ2) is 4.35. The molecule has 2 unspecified atom stereocenters. The summed E-state index contributed by atoms with van der Waals surface area (Å²) in [6.07, 6.45) is 1.18. The zero-order valence-corrected chi connectivity index (χ0v) is 11.8. The molecular formula is C18H16O3. The second-order valence-corrected chi connectivity index (χ2v) is 5.55. The summed E-state index contributed by atoms with van der Waals surface area (Å²) in [4.78, 5) is 12.0. The van der Waals surface area contributed by atoms with Crippen molar-refractivity contribution in [1.29, 1.82) is 0 Å². The number of carbonyl (C=O) groups is 1. The third-order valence-corrected chi connectivity index (χ3v) is 4.39. The van der Waals surface area contributed by atoms with Gasteiger partial charge in [-0.25, -0.2) is 0 Å². The molecule has 0 saturated heterocycles. The van der Waals surface area contributed by atoms with Crippen LogP contribution >= 0.6 is 0 Å². The molecule has 0 amide bonds. The molecule has 0 spiro atoms. The van der Waals surface area contributed by atoms with Crippen molar-refractivity contribution >= 4 is 5.97 Å². The first-order valence-corrected chi connectivity index (χ1v) is 7.33. The number of hydrogen-bond donors (Lipinski definition) is 0. The molecule has 4 rings (SSSR count). The number of ether oxygens (including phenoxy) is 2. The van der Waals surface area contributed by atoms with Crippen LogP contribution in [0.15, 0.2) is 48.5 Å². The highest BCUT2D eigenvalue weighted by atomic mass is 16.7. The van der Waals surface area contributed by atoms with Gasteiger partial charge >= 0.3 is 5.97 Å². The van der Waals surface area contributed by atoms with Gasteiger partial charge in [0.05, 0.1) is 5.92 Å². The topological polar surface area (TPSA) is 35.5 Å². The number of rotatable bonds is 2. The summed E-state index contributed by atoms with van der Waals surface area (Å²) in [5, 5.41) is 0. The molecule has 2 atom stereocenters. The van der Waals surface area contributed by atoms with Crippen molar-refractivity contribution in [3.63, 3.8) is 0 Å². The van der Waals surface area contributed by atoms with Gasteiger partial charge in [0.1, 0.15) is 5.75 Å². The Labute approximate surface area is 123 Å². The van der Waals surface area contributed by atoms with Crippen LogP contribution in [0.3, 0.4) is 0 Å². The average molecular weight is 280 g/mol. The molecule has 0 saturated carbocycles. The summed E-state index contributed by atoms with van der Waals surface area (Å²) in [5.41, 5.74) is 3.30. The molecule has 0 N–H and O–H groups in total. The Morgan fingerprint density at radius 2 is 2.00 bits per heavy atom. The Balaban J connectivity index is 1.88. The molecule has 1 heterocycles. The standard InChI is InChI=1S/C18H16O3/c1-2-17(19)21-18-14-9-5-3-7-12(14)11-15(18)13-8-4-6-10-16(13)20-18/h3-10,15H,2,11H2,1H3. The van der Waals surface area contributed by atoms with E-state index in [1.165, 1.54) is 5.56 Å². The molecule has 1 aliphatic heterocycles. The normalized spacial score (nSPS) is 24.7. The highest BCUT2D eigenvalue weighted by Gasteiger charge is 2.57. The van der Waals surface area contributed by atoms with Crippen LogP contribution in [-0.2, 0) is 21.7 Å². The van der Waals surface area contributed by atoms with E-state index in [-0.39, 0.29) is 11.9 Å². The predicted octanol–water partition coefficient (Wildman–Crippen LogP) is 3.52. The maximum Gasteiger partial charge on any atom is 0.309 e. The summed E-state index contributed by atoms with van der Waals surface area (Å²) >= 11 is 0. The molecule has 3 nitrogen and oxygen atoms in total. The molecule has 21 heavy (non-hydrogen) atoms. The van der Waals surface area contributed by atoms with E-state index in [0.29, 0.717) is 6.42 Å². The first-order valence-electron chi connectivity index (χ1n) is 7.33. The van der Waals surface area contributed by atoms with Crippen molar-refractivity contribution in [1.82, 2.24) is 0 Å². The zero-order valence-electron chi connectivity index (χ0n) is 11.8. The van der Waals surface area contributed by atoms with Crippen molar-refractivity contribution in [2.45, 2.75) is 31.5 Å². The van der Waals surface area contributed by atoms with E-state index >= 15 is 0 Å². The van der Waals surface area contributed by atoms with Gasteiger partial charge in [-0.05, 0) is 18.1 Å². The van der Waals surface area contributed by atoms with Crippen LogP contribution in [0.1, 0.15) is 36.0 Å². The lowest BCUT2D eigenvalue weighted by atomic mass is 9.93. The second-order valence-electron chi connectivity index (χ2n) is 5.55. The Morgan fingerprint density at radius 3 is 2.86 bits per heavy atom. The molecule has 0 radical (unpaired) electrons. The Morgan fingerprint density at radius 1 is 1.24 bits per heavy atom. The smallest absolute Gasteiger partial charge is 0.309 e. The molecule has 0 fully saturated rings. The Kier molecular flexibility index (Phi) is 2.58. The molecule has 106 valence electrons. The van der Waals surface area contributed by atoms with E-state index in [9.17, 15) is 4.79 Å². The summed E-state index contributed by atoms with van der Waals surface area (Å²) < 4.78 is 12.0. The fourth-order valence-electron chi connectivity index (χ4n) is 3.43. The van der Waals surface area contributed by atoms with E-state index in [2.05, 4.69) is 12.1 Å². The van der Waals surface area contributed by atoms with E-state index in [1.54, 1.807) is 6.92 Å². The Bertz CT molecular complexity index is 722. The first-order chi connectivity index (χ1) is 10.2. The van der Waals surface area contributed by atoms with E-state index in [4.69, 9.17) is 9.47 Å². The van der Waals surface area contributed by atoms with Gasteiger partial charge in [-0.2, -0.15) is 0 Å². The van der Waals surface area contributed by atoms with Crippen LogP contribution in [0.25, 0.3) is 0 Å². The summed E-state index contributed by atoms with van der Waals surface area (Å²) in [6.45, 7) is 1.80. The predicted molar refractivity (Wildman–Crippen MR) is 78.0 cm³/mol. The van der Waals surface area contributed by atoms with Crippen LogP contribution in [0.2, 0.25) is 0 Å². The van der Waals surface area contributed by atoms with Gasteiger partial charge in [0, 0.05) is 17.5 Å². The number of esters is 1. The van der Waals surface area contributed by atoms with Crippen LogP contribution in [0.4, 0.5) is 0 Å². The van der Waals surface area contributed by atoms with Gasteiger partial charge in [-0.3, -0.25) is 4.79 Å². The van der Waals surface area contributed by atoms with Crippen molar-refractivity contribution < 1.29 is 14.3 Å². The van der Waals surface area contributed by atoms with Gasteiger partial charge < -0.3 is 9.47 Å². The molecule has 2 aromatic carbocycles. The molecule has 2 aliphatic rings. The number of hydrogen-bond acceptors (Lipinski definition) is 3. The number of benzene rings is 2. The first kappa shape index (κ1) is 12.5. The summed E-state index contributed by atoms with van der Waals surface area (Å²) in [5.74, 6) is -0.347. The van der Waals surface area contributed by atoms with Gasteiger partial charge in [0.25, 0.3) is 5.79 Å². The van der Waals surface area contributed by atoms with E-state index < -0.39 is 5.79 Å². The lowest BCUT2D eigenvalue weighted by Gasteiger charge is -2.29. The lowest BCUT2D eigenvalue weighted by molar-refractivity contribution is -0.201. The van der Waals surface area contributed by atoms with Crippen LogP contribution in [0.5, 0.6) is 5.75 Å². The molecule has 0 aromatic heterocycles. The minimum absolute atomic E-state index is 0.0431. The number of para-hydroxylation sites is 1. The van der Waals surface area contributed by atoms with Gasteiger partial charge in [-0.15, -0.1) is 0 Å². The maximum atomic E-state index is 12.0. The quantitative estimate of drug-likeness (QED) is 0.789. The van der Waals surface area contributed by atoms with Crippen LogP contribution < -0.4 is 4.74 Å². The molecular weight excluding hydrogens is 264 g/mol. The molecule has 3 heteroatoms. The highest BCUT2D eigenvalue weighted by molar-refractivity contribution is 5.70. The lowest BCUT2D eigenvalue weighted by Crippen LogP contribution is -2.37.